The van der Waals surface area contributed by atoms with Gasteiger partial charge in [-0.2, -0.15) is 0 Å². The summed E-state index contributed by atoms with van der Waals surface area (Å²) in [6.07, 6.45) is 1.23. The van der Waals surface area contributed by atoms with E-state index in [1.807, 2.05) is 18.4 Å². The molecule has 11 nitrogen and oxygen atoms in total. The Labute approximate surface area is 221 Å². The highest BCUT2D eigenvalue weighted by Gasteiger charge is 2.29. The fraction of sp³-hybridized carbons (Fsp3) is 0.308. The van der Waals surface area contributed by atoms with E-state index < -0.39 is 23.7 Å². The van der Waals surface area contributed by atoms with E-state index >= 15 is 0 Å². The number of nitrogens with zero attached hydrogens (tertiary/aromatic N) is 6. The molecular formula is C26H25F2N7O4. The third-order valence-electron chi connectivity index (χ3n) is 6.34. The number of benzene rings is 1. The highest BCUT2D eigenvalue weighted by molar-refractivity contribution is 5.94. The van der Waals surface area contributed by atoms with E-state index in [0.717, 1.165) is 6.20 Å². The molecule has 39 heavy (non-hydrogen) atoms. The number of aliphatic carboxylic acids is 1. The van der Waals surface area contributed by atoms with Crippen LogP contribution in [-0.4, -0.2) is 72.2 Å². The number of halogens is 2. The first kappa shape index (κ1) is 26.1. The summed E-state index contributed by atoms with van der Waals surface area (Å²) in [7, 11) is 0. The smallest absolute Gasteiger partial charge is 0.334 e. The molecule has 0 bridgehead atoms. The third-order valence-corrected chi connectivity index (χ3v) is 6.34. The lowest BCUT2D eigenvalue weighted by Crippen LogP contribution is -2.48. The summed E-state index contributed by atoms with van der Waals surface area (Å²) in [6, 6.07) is 5.89. The van der Waals surface area contributed by atoms with E-state index in [-0.39, 0.29) is 65.7 Å². The minimum Gasteiger partial charge on any atom is -0.479 e. The molecule has 1 aliphatic heterocycles. The van der Waals surface area contributed by atoms with Gasteiger partial charge in [0.15, 0.2) is 17.7 Å². The van der Waals surface area contributed by atoms with Crippen molar-refractivity contribution < 1.29 is 28.2 Å². The van der Waals surface area contributed by atoms with Crippen LogP contribution in [0.3, 0.4) is 0 Å². The summed E-state index contributed by atoms with van der Waals surface area (Å²) in [6.45, 7) is 6.00. The van der Waals surface area contributed by atoms with Crippen molar-refractivity contribution in [2.75, 3.05) is 25.0 Å². The monoisotopic (exact) mass is 537 g/mol. The van der Waals surface area contributed by atoms with E-state index in [9.17, 15) is 18.4 Å². The van der Waals surface area contributed by atoms with Crippen LogP contribution in [0.5, 0.6) is 0 Å². The lowest BCUT2D eigenvalue weighted by Gasteiger charge is -2.30. The van der Waals surface area contributed by atoms with E-state index in [2.05, 4.69) is 25.3 Å². The fourth-order valence-electron chi connectivity index (χ4n) is 4.56. The second kappa shape index (κ2) is 10.3. The number of carboxylic acid groups (broad SMARTS) is 1. The van der Waals surface area contributed by atoms with Gasteiger partial charge in [0.1, 0.15) is 22.9 Å². The highest BCUT2D eigenvalue weighted by atomic mass is 19.1. The van der Waals surface area contributed by atoms with Gasteiger partial charge in [-0.1, -0.05) is 0 Å². The van der Waals surface area contributed by atoms with Crippen molar-refractivity contribution in [3.8, 4) is 11.3 Å². The zero-order valence-electron chi connectivity index (χ0n) is 21.4. The molecule has 1 aliphatic rings. The van der Waals surface area contributed by atoms with Crippen LogP contribution in [0.4, 0.5) is 20.5 Å². The minimum absolute atomic E-state index is 0.0138. The molecule has 1 fully saturated rings. The Bertz CT molecular complexity index is 1570. The number of aromatic nitrogens is 5. The molecule has 13 heteroatoms. The number of hydrogen-bond acceptors (Lipinski definition) is 8. The lowest BCUT2D eigenvalue weighted by molar-refractivity contribution is -0.154. The summed E-state index contributed by atoms with van der Waals surface area (Å²) in [5, 5.41) is 12.0. The maximum atomic E-state index is 14.9. The number of imidazole rings is 1. The van der Waals surface area contributed by atoms with Gasteiger partial charge in [-0.15, -0.1) is 0 Å². The van der Waals surface area contributed by atoms with Gasteiger partial charge < -0.3 is 24.6 Å². The van der Waals surface area contributed by atoms with Crippen molar-refractivity contribution >= 4 is 34.7 Å². The van der Waals surface area contributed by atoms with Crippen LogP contribution >= 0.6 is 0 Å². The number of ether oxygens (including phenoxy) is 1. The second-order valence-corrected chi connectivity index (χ2v) is 9.34. The Morgan fingerprint density at radius 3 is 2.62 bits per heavy atom. The van der Waals surface area contributed by atoms with E-state index in [0.29, 0.717) is 11.3 Å². The number of carbonyl (C=O) groups excluding carboxylic acids is 1. The second-order valence-electron chi connectivity index (χ2n) is 9.34. The van der Waals surface area contributed by atoms with Gasteiger partial charge in [0, 0.05) is 24.3 Å². The number of fused-ring (bicyclic) bond motifs is 1. The van der Waals surface area contributed by atoms with Crippen LogP contribution in [0.1, 0.15) is 36.1 Å². The molecule has 0 spiro atoms. The van der Waals surface area contributed by atoms with E-state index in [1.54, 1.807) is 13.0 Å². The van der Waals surface area contributed by atoms with Crippen molar-refractivity contribution in [3.63, 3.8) is 0 Å². The molecule has 0 saturated carbocycles. The van der Waals surface area contributed by atoms with Gasteiger partial charge in [0.25, 0.3) is 5.91 Å². The number of rotatable bonds is 6. The molecule has 1 aromatic carbocycles. The summed E-state index contributed by atoms with van der Waals surface area (Å²) in [5.41, 5.74) is 1.11. The number of pyridine rings is 1. The first-order chi connectivity index (χ1) is 18.6. The number of morpholine rings is 1. The summed E-state index contributed by atoms with van der Waals surface area (Å²) in [4.78, 5) is 42.1. The van der Waals surface area contributed by atoms with E-state index in [4.69, 9.17) is 9.84 Å². The van der Waals surface area contributed by atoms with Crippen molar-refractivity contribution in [2.45, 2.75) is 32.9 Å². The Morgan fingerprint density at radius 2 is 1.92 bits per heavy atom. The number of hydrogen-bond donors (Lipinski definition) is 2. The Morgan fingerprint density at radius 1 is 1.13 bits per heavy atom. The largest absolute Gasteiger partial charge is 0.479 e. The molecule has 1 amide bonds. The molecule has 1 atom stereocenters. The van der Waals surface area contributed by atoms with Gasteiger partial charge in [0.05, 0.1) is 30.4 Å². The van der Waals surface area contributed by atoms with Crippen LogP contribution in [0.2, 0.25) is 0 Å². The third kappa shape index (κ3) is 5.12. The predicted octanol–water partition coefficient (Wildman–Crippen LogP) is 3.73. The standard InChI is InChI=1S/C26H25F2N7O4/c1-13(2)35-14(3)31-23-17(27)8-16(9-19(23)35)22-18(28)11-30-26(33-22)32-21-5-4-15(10-29-21)24(36)34-6-7-39-20(12-34)25(37)38/h4-5,8-11,13,20H,6-7,12H2,1-3H3,(H,37,38)(H,29,30,32,33)/t20-/m0/s1. The molecule has 4 heterocycles. The molecule has 2 N–H and O–H groups in total. The summed E-state index contributed by atoms with van der Waals surface area (Å²) < 4.78 is 36.7. The van der Waals surface area contributed by atoms with Crippen LogP contribution < -0.4 is 5.32 Å². The number of anilines is 2. The molecule has 4 aromatic rings. The molecule has 202 valence electrons. The van der Waals surface area contributed by atoms with Crippen LogP contribution in [0, 0.1) is 18.6 Å². The number of carbonyl (C=O) groups is 2. The topological polar surface area (TPSA) is 135 Å². The first-order valence-corrected chi connectivity index (χ1v) is 12.2. The molecule has 0 aliphatic carbocycles. The number of carboxylic acids is 1. The molecule has 0 unspecified atom stereocenters. The van der Waals surface area contributed by atoms with Gasteiger partial charge in [-0.3, -0.25) is 4.79 Å². The first-order valence-electron chi connectivity index (χ1n) is 12.2. The number of nitrogens with one attached hydrogen (secondary N) is 1. The van der Waals surface area contributed by atoms with Crippen molar-refractivity contribution in [1.82, 2.24) is 29.4 Å². The normalized spacial score (nSPS) is 15.6. The van der Waals surface area contributed by atoms with Crippen molar-refractivity contribution in [1.29, 1.82) is 0 Å². The molecule has 5 rings (SSSR count). The van der Waals surface area contributed by atoms with Gasteiger partial charge >= 0.3 is 5.97 Å². The highest BCUT2D eigenvalue weighted by Crippen LogP contribution is 2.30. The van der Waals surface area contributed by atoms with Crippen molar-refractivity contribution in [2.24, 2.45) is 0 Å². The molecule has 1 saturated heterocycles. The summed E-state index contributed by atoms with van der Waals surface area (Å²) >= 11 is 0. The van der Waals surface area contributed by atoms with Crippen LogP contribution in [0.15, 0.2) is 36.7 Å². The Hall–Kier alpha value is -4.52. The van der Waals surface area contributed by atoms with E-state index in [1.165, 1.54) is 29.3 Å². The van der Waals surface area contributed by atoms with Gasteiger partial charge in [-0.05, 0) is 45.0 Å². The Kier molecular flexibility index (Phi) is 6.91. The average molecular weight is 538 g/mol. The molecule has 0 radical (unpaired) electrons. The minimum atomic E-state index is -1.13. The van der Waals surface area contributed by atoms with Gasteiger partial charge in [-0.25, -0.2) is 33.5 Å². The predicted molar refractivity (Wildman–Crippen MR) is 137 cm³/mol. The average Bonchev–Trinajstić information content (AvgIpc) is 3.26. The zero-order valence-corrected chi connectivity index (χ0v) is 21.4. The number of aryl methyl sites for hydroxylation is 1. The number of amides is 1. The Balaban J connectivity index is 1.38. The SMILES string of the molecule is Cc1nc2c(F)cc(-c3nc(Nc4ccc(C(=O)N5CCO[C@H](C(=O)O)C5)cn4)ncc3F)cc2n1C(C)C. The lowest BCUT2D eigenvalue weighted by atomic mass is 10.1. The summed E-state index contributed by atoms with van der Waals surface area (Å²) in [5.74, 6) is -1.89. The van der Waals surface area contributed by atoms with Gasteiger partial charge in [0.2, 0.25) is 5.95 Å². The maximum Gasteiger partial charge on any atom is 0.334 e. The molecular weight excluding hydrogens is 512 g/mol. The molecule has 3 aromatic heterocycles. The quantitative estimate of drug-likeness (QED) is 0.377. The zero-order chi connectivity index (χ0) is 27.8. The van der Waals surface area contributed by atoms with Crippen LogP contribution in [0.25, 0.3) is 22.3 Å². The van der Waals surface area contributed by atoms with Crippen molar-refractivity contribution in [3.05, 3.63) is 59.7 Å². The maximum absolute atomic E-state index is 14.9. The fourth-order valence-corrected chi connectivity index (χ4v) is 4.56. The van der Waals surface area contributed by atoms with Crippen LogP contribution in [-0.2, 0) is 9.53 Å².